The number of benzene rings is 2. The Morgan fingerprint density at radius 1 is 1.04 bits per heavy atom. The van der Waals surface area contributed by atoms with Gasteiger partial charge in [0.2, 0.25) is 0 Å². The summed E-state index contributed by atoms with van der Waals surface area (Å²) in [5.41, 5.74) is 6.41. The highest BCUT2D eigenvalue weighted by molar-refractivity contribution is 7.90. The molecule has 144 valence electrons. The number of hydrazine groups is 1. The quantitative estimate of drug-likeness (QED) is 0.733. The van der Waals surface area contributed by atoms with Crippen molar-refractivity contribution in [1.29, 1.82) is 0 Å². The van der Waals surface area contributed by atoms with Crippen molar-refractivity contribution in [2.75, 3.05) is 12.9 Å². The molecule has 0 unspecified atom stereocenters. The van der Waals surface area contributed by atoms with Crippen molar-refractivity contribution in [3.8, 4) is 5.75 Å². The summed E-state index contributed by atoms with van der Waals surface area (Å²) in [6.45, 7) is 3.44. The molecule has 0 bridgehead atoms. The zero-order chi connectivity index (χ0) is 20.0. The summed E-state index contributed by atoms with van der Waals surface area (Å²) in [6, 6.07) is 11.6. The van der Waals surface area contributed by atoms with Gasteiger partial charge in [-0.05, 0) is 48.7 Å². The number of sulfone groups is 1. The van der Waals surface area contributed by atoms with Crippen LogP contribution < -0.4 is 15.6 Å². The minimum absolute atomic E-state index is 0.0310. The lowest BCUT2D eigenvalue weighted by Crippen LogP contribution is -2.44. The largest absolute Gasteiger partial charge is 0.484 e. The highest BCUT2D eigenvalue weighted by atomic mass is 32.2. The second-order valence-corrected chi connectivity index (χ2v) is 8.05. The molecule has 0 saturated carbocycles. The van der Waals surface area contributed by atoms with E-state index in [-0.39, 0.29) is 17.1 Å². The van der Waals surface area contributed by atoms with Crippen molar-refractivity contribution >= 4 is 21.7 Å². The third-order valence-electron chi connectivity index (χ3n) is 3.90. The molecule has 2 rings (SSSR count). The van der Waals surface area contributed by atoms with Crippen LogP contribution in [0.1, 0.15) is 28.4 Å². The first-order valence-corrected chi connectivity index (χ1v) is 10.2. The van der Waals surface area contributed by atoms with Gasteiger partial charge in [0, 0.05) is 11.8 Å². The number of carbonyl (C=O) groups is 2. The molecule has 0 radical (unpaired) electrons. The molecule has 0 spiro atoms. The van der Waals surface area contributed by atoms with Crippen molar-refractivity contribution in [1.82, 2.24) is 10.9 Å². The van der Waals surface area contributed by atoms with E-state index in [9.17, 15) is 18.0 Å². The van der Waals surface area contributed by atoms with Gasteiger partial charge in [0.1, 0.15) is 5.75 Å². The maximum Gasteiger partial charge on any atom is 0.276 e. The van der Waals surface area contributed by atoms with E-state index in [2.05, 4.69) is 10.9 Å². The second-order valence-electron chi connectivity index (χ2n) is 6.04. The molecule has 7 nitrogen and oxygen atoms in total. The Kier molecular flexibility index (Phi) is 6.57. The molecule has 8 heteroatoms. The van der Waals surface area contributed by atoms with Crippen LogP contribution in [0.3, 0.4) is 0 Å². The first-order chi connectivity index (χ1) is 12.7. The van der Waals surface area contributed by atoms with Crippen LogP contribution in [0.15, 0.2) is 47.4 Å². The Bertz CT molecular complexity index is 937. The van der Waals surface area contributed by atoms with Crippen LogP contribution >= 0.6 is 0 Å². The fourth-order valence-electron chi connectivity index (χ4n) is 2.28. The average molecular weight is 390 g/mol. The van der Waals surface area contributed by atoms with Crippen molar-refractivity contribution in [2.24, 2.45) is 0 Å². The Morgan fingerprint density at radius 3 is 2.30 bits per heavy atom. The number of carbonyl (C=O) groups excluding carboxylic acids is 2. The lowest BCUT2D eigenvalue weighted by Gasteiger charge is -2.11. The maximum atomic E-state index is 12.2. The van der Waals surface area contributed by atoms with Crippen molar-refractivity contribution < 1.29 is 22.7 Å². The van der Waals surface area contributed by atoms with Gasteiger partial charge in [0.05, 0.1) is 4.90 Å². The van der Waals surface area contributed by atoms with Gasteiger partial charge in [-0.15, -0.1) is 0 Å². The summed E-state index contributed by atoms with van der Waals surface area (Å²) >= 11 is 0. The molecule has 2 amide bonds. The van der Waals surface area contributed by atoms with Gasteiger partial charge < -0.3 is 4.74 Å². The standard InChI is InChI=1S/C19H22N2O5S/c1-4-14-6-8-15(9-7-14)26-12-18(22)20-21-19(23)17-11-16(27(3,24)25)10-5-13(17)2/h5-11H,4,12H2,1-3H3,(H,20,22)(H,21,23). The first-order valence-electron chi connectivity index (χ1n) is 8.32. The van der Waals surface area contributed by atoms with E-state index >= 15 is 0 Å². The SMILES string of the molecule is CCc1ccc(OCC(=O)NNC(=O)c2cc(S(C)(=O)=O)ccc2C)cc1. The second kappa shape index (κ2) is 8.68. The molecule has 27 heavy (non-hydrogen) atoms. The number of rotatable bonds is 6. The number of ether oxygens (including phenoxy) is 1. The molecule has 0 atom stereocenters. The van der Waals surface area contributed by atoms with Crippen LogP contribution in [0.2, 0.25) is 0 Å². The van der Waals surface area contributed by atoms with E-state index in [1.165, 1.54) is 18.2 Å². The Balaban J connectivity index is 1.92. The average Bonchev–Trinajstić information content (AvgIpc) is 2.64. The summed E-state index contributed by atoms with van der Waals surface area (Å²) in [6.07, 6.45) is 1.97. The number of aryl methyl sites for hydroxylation is 2. The molecule has 2 aromatic carbocycles. The van der Waals surface area contributed by atoms with E-state index in [0.717, 1.165) is 18.2 Å². The van der Waals surface area contributed by atoms with E-state index < -0.39 is 21.7 Å². The van der Waals surface area contributed by atoms with Crippen LogP contribution in [-0.4, -0.2) is 33.1 Å². The zero-order valence-corrected chi connectivity index (χ0v) is 16.2. The van der Waals surface area contributed by atoms with Gasteiger partial charge in [0.25, 0.3) is 11.8 Å². The van der Waals surface area contributed by atoms with Gasteiger partial charge in [0.15, 0.2) is 16.4 Å². The van der Waals surface area contributed by atoms with Crippen LogP contribution in [0.4, 0.5) is 0 Å². The van der Waals surface area contributed by atoms with Gasteiger partial charge in [-0.2, -0.15) is 0 Å². The maximum absolute atomic E-state index is 12.2. The third-order valence-corrected chi connectivity index (χ3v) is 5.01. The van der Waals surface area contributed by atoms with E-state index in [1.54, 1.807) is 19.1 Å². The Morgan fingerprint density at radius 2 is 1.70 bits per heavy atom. The monoisotopic (exact) mass is 390 g/mol. The van der Waals surface area contributed by atoms with Gasteiger partial charge in [-0.3, -0.25) is 20.4 Å². The summed E-state index contributed by atoms with van der Waals surface area (Å²) in [5, 5.41) is 0. The molecule has 0 saturated heterocycles. The predicted octanol–water partition coefficient (Wildman–Crippen LogP) is 1.80. The van der Waals surface area contributed by atoms with Gasteiger partial charge >= 0.3 is 0 Å². The highest BCUT2D eigenvalue weighted by Crippen LogP contribution is 2.15. The summed E-state index contributed by atoms with van der Waals surface area (Å²) < 4.78 is 28.6. The van der Waals surface area contributed by atoms with E-state index in [0.29, 0.717) is 11.3 Å². The predicted molar refractivity (Wildman–Crippen MR) is 101 cm³/mol. The number of nitrogens with one attached hydrogen (secondary N) is 2. The summed E-state index contributed by atoms with van der Waals surface area (Å²) in [4.78, 5) is 24.1. The zero-order valence-electron chi connectivity index (χ0n) is 15.4. The molecule has 2 N–H and O–H groups in total. The summed E-state index contributed by atoms with van der Waals surface area (Å²) in [7, 11) is -3.44. The Hall–Kier alpha value is -2.87. The highest BCUT2D eigenvalue weighted by Gasteiger charge is 2.15. The van der Waals surface area contributed by atoms with Gasteiger partial charge in [-0.1, -0.05) is 25.1 Å². The topological polar surface area (TPSA) is 102 Å². The molecule has 0 aliphatic rings. The van der Waals surface area contributed by atoms with Crippen molar-refractivity contribution in [3.05, 3.63) is 59.2 Å². The number of hydrogen-bond acceptors (Lipinski definition) is 5. The van der Waals surface area contributed by atoms with Crippen LogP contribution in [0.25, 0.3) is 0 Å². The fourth-order valence-corrected chi connectivity index (χ4v) is 2.92. The molecule has 0 aliphatic heterocycles. The normalized spacial score (nSPS) is 10.9. The summed E-state index contributed by atoms with van der Waals surface area (Å²) in [5.74, 6) is -0.608. The molecule has 2 aromatic rings. The molecular weight excluding hydrogens is 368 g/mol. The smallest absolute Gasteiger partial charge is 0.276 e. The van der Waals surface area contributed by atoms with Crippen LogP contribution in [0.5, 0.6) is 5.75 Å². The molecule has 0 aliphatic carbocycles. The minimum atomic E-state index is -3.44. The lowest BCUT2D eigenvalue weighted by atomic mass is 10.1. The van der Waals surface area contributed by atoms with Crippen molar-refractivity contribution in [3.63, 3.8) is 0 Å². The van der Waals surface area contributed by atoms with Gasteiger partial charge in [-0.25, -0.2) is 8.42 Å². The number of amides is 2. The molecule has 0 heterocycles. The number of hydrogen-bond donors (Lipinski definition) is 2. The first kappa shape index (κ1) is 20.4. The Labute approximate surface area is 158 Å². The van der Waals surface area contributed by atoms with Crippen molar-refractivity contribution in [2.45, 2.75) is 25.2 Å². The lowest BCUT2D eigenvalue weighted by molar-refractivity contribution is -0.123. The molecule has 0 aromatic heterocycles. The van der Waals surface area contributed by atoms with Crippen LogP contribution in [-0.2, 0) is 21.1 Å². The van der Waals surface area contributed by atoms with Crippen LogP contribution in [0, 0.1) is 6.92 Å². The minimum Gasteiger partial charge on any atom is -0.484 e. The molecular formula is C19H22N2O5S. The fraction of sp³-hybridized carbons (Fsp3) is 0.263. The molecule has 0 fully saturated rings. The van der Waals surface area contributed by atoms with E-state index in [4.69, 9.17) is 4.74 Å². The third kappa shape index (κ3) is 5.82. The van der Waals surface area contributed by atoms with E-state index in [1.807, 2.05) is 19.1 Å².